The van der Waals surface area contributed by atoms with E-state index in [0.29, 0.717) is 43.4 Å². The Kier molecular flexibility index (Phi) is 40.4. The Morgan fingerprint density at radius 1 is 0.302 bits per heavy atom. The van der Waals surface area contributed by atoms with Crippen LogP contribution in [-0.2, 0) is 60.8 Å². The molecule has 0 radical (unpaired) electrons. The number of benzene rings is 6. The number of carbonyl (C=O) groups is 10. The number of allylic oxidation sites excluding steroid dienone is 3. The van der Waals surface area contributed by atoms with Crippen LogP contribution in [0.25, 0.3) is 39.5 Å². The average Bonchev–Trinajstić information content (AvgIpc) is 1.55. The maximum absolute atomic E-state index is 12.3. The number of rotatable bonds is 38. The highest BCUT2D eigenvalue weighted by atomic mass is 16.4. The first-order valence-electron chi connectivity index (χ1n) is 43.6. The molecule has 0 aliphatic heterocycles. The van der Waals surface area contributed by atoms with Crippen LogP contribution in [-0.4, -0.2) is 68.4 Å². The van der Waals surface area contributed by atoms with E-state index in [-0.39, 0.29) is 105 Å². The van der Waals surface area contributed by atoms with Crippen molar-refractivity contribution in [1.82, 2.24) is 0 Å². The molecule has 0 aromatic heterocycles. The lowest BCUT2D eigenvalue weighted by Crippen LogP contribution is -2.33. The molecule has 11 rings (SSSR count). The van der Waals surface area contributed by atoms with Gasteiger partial charge in [0.15, 0.2) is 0 Å². The zero-order valence-corrected chi connectivity index (χ0v) is 71.0. The molecule has 2 N–H and O–H groups in total. The van der Waals surface area contributed by atoms with Crippen molar-refractivity contribution in [2.75, 3.05) is 0 Å². The average molecular weight is 1580 g/mol. The smallest absolute Gasteiger partial charge is 0.307 e. The van der Waals surface area contributed by atoms with E-state index in [2.05, 4.69) is 147 Å². The van der Waals surface area contributed by atoms with Gasteiger partial charge in [0.05, 0.1) is 11.8 Å². The van der Waals surface area contributed by atoms with Gasteiger partial charge in [-0.2, -0.15) is 0 Å². The standard InChI is InChI=1S/C26H32O2.C26H30O2.C25H30O3.C14H22O2.C13H20O3/c2*1-19(27)25(26(20(2)28)24-12-6-7-13-24)14-8-9-21-15-17-23(18-16-21)22-10-4-3-5-11-22;1-18(26)24(22-11-5-6-12-22)23(25(27)28)13-7-8-19-14-16-21(17-15-19)20-9-3-2-4-10-20;1-4-7-13(10(2)15)14(11(3)16)12-8-5-6-9-12;1-3-6-11(13(15)16)12(9(2)14)10-7-4-5-8-10/h3-5,10-11,15-18,24-26H,6-9,12-14H2,1-2H3;3-5,8-11,15-18,24-26H,6-7,12-14H2,1-2H3;2-4,9-10,14-17,22-24H,5-8,11-13H2,1H3,(H,27,28);4,12-14H,1,5-9H2,2-3H3;3,10-12H,1,4-8H2,2H3,(H,15,16)/b;9-8+;;;/t2*25-,26-;23-,24+;13-,14-;11-,12+/m00101/s1. The lowest BCUT2D eigenvalue weighted by Gasteiger charge is -2.28. The van der Waals surface area contributed by atoms with Crippen molar-refractivity contribution >= 4 is 64.3 Å². The fourth-order valence-electron chi connectivity index (χ4n) is 20.1. The number of ketones is 8. The second kappa shape index (κ2) is 49.8. The van der Waals surface area contributed by atoms with Crippen molar-refractivity contribution < 1.29 is 58.2 Å². The van der Waals surface area contributed by atoms with Crippen LogP contribution in [0.2, 0.25) is 0 Å². The molecule has 622 valence electrons. The Hall–Kier alpha value is -9.16. The van der Waals surface area contributed by atoms with Gasteiger partial charge in [-0.05, 0) is 257 Å². The molecule has 0 spiro atoms. The Bertz CT molecular complexity index is 3890. The molecule has 6 aromatic rings. The molecule has 12 heteroatoms. The first-order chi connectivity index (χ1) is 55.8. The fraction of sp³-hybridized carbons (Fsp3) is 0.500. The third-order valence-electron chi connectivity index (χ3n) is 25.9. The zero-order chi connectivity index (χ0) is 84.1. The van der Waals surface area contributed by atoms with Gasteiger partial charge in [0, 0.05) is 47.3 Å². The molecule has 0 bridgehead atoms. The van der Waals surface area contributed by atoms with Crippen LogP contribution in [0, 0.1) is 88.8 Å². The molecule has 5 fully saturated rings. The number of carboxylic acids is 2. The summed E-state index contributed by atoms with van der Waals surface area (Å²) < 4.78 is 0. The minimum atomic E-state index is -0.869. The number of hydrogen-bond acceptors (Lipinski definition) is 10. The van der Waals surface area contributed by atoms with Gasteiger partial charge in [0.1, 0.15) is 46.3 Å². The van der Waals surface area contributed by atoms with Gasteiger partial charge in [-0.25, -0.2) is 0 Å². The van der Waals surface area contributed by atoms with Gasteiger partial charge in [-0.1, -0.05) is 252 Å². The largest absolute Gasteiger partial charge is 0.481 e. The highest BCUT2D eigenvalue weighted by molar-refractivity contribution is 5.90. The predicted octanol–water partition coefficient (Wildman–Crippen LogP) is 24.2. The molecule has 10 atom stereocenters. The number of carbonyl (C=O) groups excluding carboxylic acids is 8. The number of carboxylic acid groups (broad SMARTS) is 2. The van der Waals surface area contributed by atoms with Gasteiger partial charge in [-0.3, -0.25) is 47.9 Å². The summed E-state index contributed by atoms with van der Waals surface area (Å²) in [6.45, 7) is 20.2. The van der Waals surface area contributed by atoms with Gasteiger partial charge >= 0.3 is 11.9 Å². The molecule has 0 unspecified atom stereocenters. The summed E-state index contributed by atoms with van der Waals surface area (Å²) in [5.74, 6) is -1.36. The molecule has 0 amide bonds. The van der Waals surface area contributed by atoms with Crippen LogP contribution in [0.5, 0.6) is 0 Å². The summed E-state index contributed by atoms with van der Waals surface area (Å²) in [6, 6.07) is 56.6. The number of aryl methyl sites for hydroxylation is 2. The van der Waals surface area contributed by atoms with Crippen LogP contribution in [0.3, 0.4) is 0 Å². The zero-order valence-electron chi connectivity index (χ0n) is 71.0. The van der Waals surface area contributed by atoms with Gasteiger partial charge < -0.3 is 10.2 Å². The number of hydrogen-bond donors (Lipinski definition) is 2. The first kappa shape index (κ1) is 94.0. The monoisotopic (exact) mass is 1570 g/mol. The van der Waals surface area contributed by atoms with E-state index < -0.39 is 23.8 Å². The third-order valence-corrected chi connectivity index (χ3v) is 25.9. The lowest BCUT2D eigenvalue weighted by molar-refractivity contribution is -0.148. The third kappa shape index (κ3) is 29.5. The second-order valence-electron chi connectivity index (χ2n) is 34.0. The Morgan fingerprint density at radius 2 is 0.543 bits per heavy atom. The van der Waals surface area contributed by atoms with Crippen molar-refractivity contribution in [1.29, 1.82) is 0 Å². The van der Waals surface area contributed by atoms with E-state index in [9.17, 15) is 58.2 Å². The predicted molar refractivity (Wildman–Crippen MR) is 470 cm³/mol. The normalized spacial score (nSPS) is 17.7. The van der Waals surface area contributed by atoms with Gasteiger partial charge in [-0.15, -0.1) is 13.2 Å². The molecule has 5 aliphatic carbocycles. The lowest BCUT2D eigenvalue weighted by atomic mass is 9.74. The summed E-state index contributed by atoms with van der Waals surface area (Å²) in [6.07, 6.45) is 36.3. The number of aliphatic carboxylic acids is 2. The minimum absolute atomic E-state index is 0.0150. The van der Waals surface area contributed by atoms with E-state index in [1.165, 1.54) is 90.0 Å². The van der Waals surface area contributed by atoms with Crippen molar-refractivity contribution in [2.24, 2.45) is 88.8 Å². The summed E-state index contributed by atoms with van der Waals surface area (Å²) in [4.78, 5) is 120. The topological polar surface area (TPSA) is 211 Å². The summed E-state index contributed by atoms with van der Waals surface area (Å²) >= 11 is 0. The molecular weight excluding hydrogens is 1440 g/mol. The summed E-state index contributed by atoms with van der Waals surface area (Å²) in [5, 5.41) is 18.9. The Balaban J connectivity index is 0.000000205. The van der Waals surface area contributed by atoms with Crippen molar-refractivity contribution in [3.8, 4) is 33.4 Å². The van der Waals surface area contributed by atoms with E-state index in [4.69, 9.17) is 0 Å². The molecule has 0 heterocycles. The summed E-state index contributed by atoms with van der Waals surface area (Å²) in [5.41, 5.74) is 10.9. The highest BCUT2D eigenvalue weighted by Gasteiger charge is 2.42. The SMILES string of the molecule is C=CC[C@@H](C(=O)O)[C@@H](C(C)=O)C1CCCC1.C=CC[C@@H](C(C)=O)[C@@H](C(C)=O)C1CCCC1.CC(=O)[C@@H](C1CCCC1)[C@@H](CCCc1ccc(-c2ccccc2)cc1)C(=O)O.CC(=O)[C@H](C/C=C/c1ccc(-c2ccccc2)cc1)[C@@H](C(C)=O)C1CCCC1.CC(=O)[C@H](CCCc1ccc(-c2ccccc2)cc1)[C@@H](C(C)=O)C1CCCC1. The Labute approximate surface area is 694 Å². The highest BCUT2D eigenvalue weighted by Crippen LogP contribution is 2.43. The maximum Gasteiger partial charge on any atom is 0.307 e. The van der Waals surface area contributed by atoms with E-state index >= 15 is 0 Å². The van der Waals surface area contributed by atoms with E-state index in [1.807, 2.05) is 42.5 Å². The van der Waals surface area contributed by atoms with Crippen LogP contribution in [0.1, 0.15) is 245 Å². The van der Waals surface area contributed by atoms with Crippen molar-refractivity contribution in [3.05, 3.63) is 212 Å². The van der Waals surface area contributed by atoms with Crippen molar-refractivity contribution in [2.45, 2.75) is 242 Å². The molecule has 0 saturated heterocycles. The van der Waals surface area contributed by atoms with Gasteiger partial charge in [0.2, 0.25) is 0 Å². The Morgan fingerprint density at radius 3 is 0.819 bits per heavy atom. The van der Waals surface area contributed by atoms with Crippen LogP contribution < -0.4 is 0 Å². The van der Waals surface area contributed by atoms with Crippen LogP contribution in [0.4, 0.5) is 0 Å². The van der Waals surface area contributed by atoms with E-state index in [1.54, 1.807) is 60.6 Å². The first-order valence-corrected chi connectivity index (χ1v) is 43.6. The molecular formula is C104H134O12. The quantitative estimate of drug-likeness (QED) is 0.0347. The van der Waals surface area contributed by atoms with Crippen LogP contribution >= 0.6 is 0 Å². The molecule has 12 nitrogen and oxygen atoms in total. The van der Waals surface area contributed by atoms with Crippen molar-refractivity contribution in [3.63, 3.8) is 0 Å². The summed E-state index contributed by atoms with van der Waals surface area (Å²) in [7, 11) is 0. The van der Waals surface area contributed by atoms with E-state index in [0.717, 1.165) is 128 Å². The molecule has 116 heavy (non-hydrogen) atoms. The number of Topliss-reactive ketones (excluding diaryl/α,β-unsaturated/α-hetero) is 8. The minimum Gasteiger partial charge on any atom is -0.481 e. The van der Waals surface area contributed by atoms with Crippen LogP contribution in [0.15, 0.2) is 195 Å². The molecule has 5 aliphatic rings. The fourth-order valence-corrected chi connectivity index (χ4v) is 20.1. The maximum atomic E-state index is 12.3. The molecule has 5 saturated carbocycles. The molecule has 6 aromatic carbocycles. The second-order valence-corrected chi connectivity index (χ2v) is 34.0. The van der Waals surface area contributed by atoms with Gasteiger partial charge in [0.25, 0.3) is 0 Å².